The molecule has 6 nitrogen and oxygen atoms in total. The summed E-state index contributed by atoms with van der Waals surface area (Å²) in [5.74, 6) is 0.503. The van der Waals surface area contributed by atoms with E-state index in [9.17, 15) is 9.59 Å². The van der Waals surface area contributed by atoms with Crippen molar-refractivity contribution in [1.82, 2.24) is 20.4 Å². The molecule has 3 rings (SSSR count). The summed E-state index contributed by atoms with van der Waals surface area (Å²) >= 11 is 0. The molecule has 0 aliphatic carbocycles. The molecule has 3 fully saturated rings. The lowest BCUT2D eigenvalue weighted by atomic mass is 9.94. The molecule has 0 aromatic heterocycles. The summed E-state index contributed by atoms with van der Waals surface area (Å²) in [6, 6.07) is 0.721. The van der Waals surface area contributed by atoms with Crippen molar-refractivity contribution < 1.29 is 9.59 Å². The normalized spacial score (nSPS) is 34.8. The number of hydrogen-bond acceptors (Lipinski definition) is 4. The smallest absolute Gasteiger partial charge is 0.225 e. The van der Waals surface area contributed by atoms with Gasteiger partial charge in [0.1, 0.15) is 0 Å². The molecular weight excluding hydrogens is 304 g/mol. The summed E-state index contributed by atoms with van der Waals surface area (Å²) in [4.78, 5) is 29.3. The molecule has 4 unspecified atom stereocenters. The lowest BCUT2D eigenvalue weighted by molar-refractivity contribution is -0.129. The molecule has 0 aromatic rings. The van der Waals surface area contributed by atoms with E-state index >= 15 is 0 Å². The van der Waals surface area contributed by atoms with E-state index in [-0.39, 0.29) is 23.8 Å². The molecule has 2 amide bonds. The van der Waals surface area contributed by atoms with E-state index in [1.165, 1.54) is 12.8 Å². The third-order valence-corrected chi connectivity index (χ3v) is 6.03. The summed E-state index contributed by atoms with van der Waals surface area (Å²) < 4.78 is 0. The predicted molar refractivity (Wildman–Crippen MR) is 93.5 cm³/mol. The number of likely N-dealkylation sites (tertiary alicyclic amines) is 2. The van der Waals surface area contributed by atoms with E-state index in [4.69, 9.17) is 0 Å². The highest BCUT2D eigenvalue weighted by molar-refractivity contribution is 5.89. The van der Waals surface area contributed by atoms with Crippen molar-refractivity contribution in [1.29, 1.82) is 0 Å². The van der Waals surface area contributed by atoms with Gasteiger partial charge in [0.25, 0.3) is 0 Å². The van der Waals surface area contributed by atoms with Crippen LogP contribution in [0.4, 0.5) is 0 Å². The van der Waals surface area contributed by atoms with Crippen LogP contribution in [0.2, 0.25) is 0 Å². The number of amides is 2. The van der Waals surface area contributed by atoms with Crippen molar-refractivity contribution in [2.75, 3.05) is 39.3 Å². The van der Waals surface area contributed by atoms with Crippen LogP contribution in [0.25, 0.3) is 0 Å². The zero-order chi connectivity index (χ0) is 17.1. The standard InChI is InChI=1S/C18H32N4O2/c1-3-21-8-4-5-15(21)12-22-11-14(9-17(22)23)18(24)20-16-6-7-19-10-13(16)2/h13-16,19H,3-12H2,1-2H3,(H,20,24). The van der Waals surface area contributed by atoms with Gasteiger partial charge in [-0.15, -0.1) is 0 Å². The molecule has 2 N–H and O–H groups in total. The largest absolute Gasteiger partial charge is 0.353 e. The van der Waals surface area contributed by atoms with Crippen LogP contribution in [-0.2, 0) is 9.59 Å². The highest BCUT2D eigenvalue weighted by atomic mass is 16.2. The van der Waals surface area contributed by atoms with Gasteiger partial charge in [0.15, 0.2) is 0 Å². The Morgan fingerprint density at radius 3 is 2.96 bits per heavy atom. The highest BCUT2D eigenvalue weighted by Crippen LogP contribution is 2.24. The van der Waals surface area contributed by atoms with Gasteiger partial charge in [-0.05, 0) is 51.4 Å². The van der Waals surface area contributed by atoms with E-state index in [0.717, 1.165) is 39.1 Å². The summed E-state index contributed by atoms with van der Waals surface area (Å²) in [5.41, 5.74) is 0. The van der Waals surface area contributed by atoms with Crippen molar-refractivity contribution in [3.05, 3.63) is 0 Å². The first-order valence-electron chi connectivity index (χ1n) is 9.61. The van der Waals surface area contributed by atoms with Crippen LogP contribution >= 0.6 is 0 Å². The summed E-state index contributed by atoms with van der Waals surface area (Å²) in [6.07, 6.45) is 3.74. The second-order valence-corrected chi connectivity index (χ2v) is 7.71. The maximum absolute atomic E-state index is 12.6. The summed E-state index contributed by atoms with van der Waals surface area (Å²) in [5, 5.41) is 6.55. The van der Waals surface area contributed by atoms with Crippen LogP contribution in [0, 0.1) is 11.8 Å². The molecule has 24 heavy (non-hydrogen) atoms. The number of hydrogen-bond donors (Lipinski definition) is 2. The number of likely N-dealkylation sites (N-methyl/N-ethyl adjacent to an activating group) is 1. The topological polar surface area (TPSA) is 64.7 Å². The van der Waals surface area contributed by atoms with Crippen molar-refractivity contribution >= 4 is 11.8 Å². The van der Waals surface area contributed by atoms with Gasteiger partial charge in [-0.2, -0.15) is 0 Å². The number of piperidine rings is 1. The van der Waals surface area contributed by atoms with Gasteiger partial charge in [-0.3, -0.25) is 14.5 Å². The van der Waals surface area contributed by atoms with Crippen LogP contribution in [0.5, 0.6) is 0 Å². The van der Waals surface area contributed by atoms with Gasteiger partial charge < -0.3 is 15.5 Å². The van der Waals surface area contributed by atoms with E-state index in [2.05, 4.69) is 29.4 Å². The van der Waals surface area contributed by atoms with Crippen molar-refractivity contribution in [3.63, 3.8) is 0 Å². The Labute approximate surface area is 145 Å². The molecule has 0 aromatic carbocycles. The zero-order valence-electron chi connectivity index (χ0n) is 15.1. The molecular formula is C18H32N4O2. The molecule has 3 saturated heterocycles. The maximum atomic E-state index is 12.6. The minimum absolute atomic E-state index is 0.0726. The predicted octanol–water partition coefficient (Wildman–Crippen LogP) is 0.433. The molecule has 6 heteroatoms. The maximum Gasteiger partial charge on any atom is 0.225 e. The lowest BCUT2D eigenvalue weighted by Crippen LogP contribution is -2.50. The Bertz CT molecular complexity index is 470. The Hall–Kier alpha value is -1.14. The molecule has 136 valence electrons. The molecule has 0 saturated carbocycles. The number of carbonyl (C=O) groups excluding carboxylic acids is 2. The molecule has 0 radical (unpaired) electrons. The van der Waals surface area contributed by atoms with Gasteiger partial charge in [-0.1, -0.05) is 13.8 Å². The molecule has 0 spiro atoms. The van der Waals surface area contributed by atoms with Crippen molar-refractivity contribution in [2.45, 2.75) is 51.6 Å². The zero-order valence-corrected chi connectivity index (χ0v) is 15.1. The molecule has 0 bridgehead atoms. The minimum atomic E-state index is -0.170. The first-order valence-corrected chi connectivity index (χ1v) is 9.61. The van der Waals surface area contributed by atoms with Crippen LogP contribution in [-0.4, -0.2) is 73.0 Å². The number of rotatable bonds is 5. The fourth-order valence-corrected chi connectivity index (χ4v) is 4.43. The SMILES string of the molecule is CCN1CCCC1CN1CC(C(=O)NC2CCNCC2C)CC1=O. The Morgan fingerprint density at radius 2 is 2.21 bits per heavy atom. The van der Waals surface area contributed by atoms with Crippen LogP contribution in [0.3, 0.4) is 0 Å². The van der Waals surface area contributed by atoms with E-state index in [0.29, 0.717) is 24.9 Å². The Kier molecular flexibility index (Phi) is 5.76. The van der Waals surface area contributed by atoms with Gasteiger partial charge >= 0.3 is 0 Å². The number of nitrogens with one attached hydrogen (secondary N) is 2. The number of carbonyl (C=O) groups is 2. The molecule has 3 aliphatic rings. The minimum Gasteiger partial charge on any atom is -0.353 e. The fourth-order valence-electron chi connectivity index (χ4n) is 4.43. The summed E-state index contributed by atoms with van der Waals surface area (Å²) in [6.45, 7) is 9.83. The quantitative estimate of drug-likeness (QED) is 0.764. The molecule has 3 heterocycles. The Balaban J connectivity index is 1.51. The average molecular weight is 336 g/mol. The van der Waals surface area contributed by atoms with Crippen LogP contribution in [0.15, 0.2) is 0 Å². The molecule has 3 aliphatic heterocycles. The average Bonchev–Trinajstić information content (AvgIpc) is 3.17. The van der Waals surface area contributed by atoms with E-state index < -0.39 is 0 Å². The van der Waals surface area contributed by atoms with E-state index in [1.54, 1.807) is 0 Å². The first-order chi connectivity index (χ1) is 11.6. The van der Waals surface area contributed by atoms with Gasteiger partial charge in [-0.25, -0.2) is 0 Å². The second kappa shape index (κ2) is 7.83. The third-order valence-electron chi connectivity index (χ3n) is 6.03. The van der Waals surface area contributed by atoms with E-state index in [1.807, 2.05) is 4.90 Å². The van der Waals surface area contributed by atoms with Crippen molar-refractivity contribution in [2.24, 2.45) is 11.8 Å². The monoisotopic (exact) mass is 336 g/mol. The lowest BCUT2D eigenvalue weighted by Gasteiger charge is -2.31. The van der Waals surface area contributed by atoms with Gasteiger partial charge in [0, 0.05) is 31.6 Å². The highest BCUT2D eigenvalue weighted by Gasteiger charge is 2.37. The van der Waals surface area contributed by atoms with Gasteiger partial charge in [0.2, 0.25) is 11.8 Å². The summed E-state index contributed by atoms with van der Waals surface area (Å²) in [7, 11) is 0. The van der Waals surface area contributed by atoms with Crippen molar-refractivity contribution in [3.8, 4) is 0 Å². The molecule has 4 atom stereocenters. The third kappa shape index (κ3) is 3.91. The second-order valence-electron chi connectivity index (χ2n) is 7.71. The van der Waals surface area contributed by atoms with Crippen LogP contribution in [0.1, 0.15) is 39.5 Å². The Morgan fingerprint density at radius 1 is 1.38 bits per heavy atom. The van der Waals surface area contributed by atoms with Gasteiger partial charge in [0.05, 0.1) is 5.92 Å². The fraction of sp³-hybridized carbons (Fsp3) is 0.889. The van der Waals surface area contributed by atoms with Crippen LogP contribution < -0.4 is 10.6 Å². The first kappa shape index (κ1) is 17.7. The number of nitrogens with zero attached hydrogens (tertiary/aromatic N) is 2.